The number of aryl methyl sites for hydroxylation is 1. The smallest absolute Gasteiger partial charge is 0.254 e. The molecule has 0 aliphatic carbocycles. The van der Waals surface area contributed by atoms with Gasteiger partial charge in [0.2, 0.25) is 0 Å². The van der Waals surface area contributed by atoms with Crippen LogP contribution in [0.2, 0.25) is 0 Å². The molecule has 1 aliphatic rings. The van der Waals surface area contributed by atoms with E-state index in [1.54, 1.807) is 13.3 Å². The second kappa shape index (κ2) is 8.34. The van der Waals surface area contributed by atoms with Crippen molar-refractivity contribution < 1.29 is 9.53 Å². The summed E-state index contributed by atoms with van der Waals surface area (Å²) in [5.41, 5.74) is 4.36. The molecule has 0 atom stereocenters. The number of anilines is 1. The summed E-state index contributed by atoms with van der Waals surface area (Å²) >= 11 is 0. The Morgan fingerprint density at radius 3 is 2.47 bits per heavy atom. The van der Waals surface area contributed by atoms with Crippen LogP contribution in [0.15, 0.2) is 66.9 Å². The van der Waals surface area contributed by atoms with Crippen molar-refractivity contribution in [1.29, 1.82) is 0 Å². The molecule has 1 saturated heterocycles. The molecule has 2 aromatic heterocycles. The quantitative estimate of drug-likeness (QED) is 0.497. The molecule has 2 aromatic carbocycles. The van der Waals surface area contributed by atoms with Gasteiger partial charge in [-0.25, -0.2) is 9.97 Å². The number of hydrogen-bond acceptors (Lipinski definition) is 5. The van der Waals surface area contributed by atoms with Crippen molar-refractivity contribution in [3.8, 4) is 11.4 Å². The fraction of sp³-hybridized carbons (Fsp3) is 0.240. The van der Waals surface area contributed by atoms with E-state index < -0.39 is 0 Å². The fourth-order valence-electron chi connectivity index (χ4n) is 4.26. The lowest BCUT2D eigenvalue weighted by molar-refractivity contribution is 0.0746. The number of methoxy groups -OCH3 is 1. The van der Waals surface area contributed by atoms with Crippen molar-refractivity contribution in [3.05, 3.63) is 78.2 Å². The van der Waals surface area contributed by atoms with E-state index in [2.05, 4.69) is 27.0 Å². The van der Waals surface area contributed by atoms with Gasteiger partial charge < -0.3 is 14.5 Å². The van der Waals surface area contributed by atoms with Gasteiger partial charge in [0.25, 0.3) is 5.91 Å². The topological polar surface area (TPSA) is 63.5 Å². The molecule has 0 saturated carbocycles. The first-order valence-electron chi connectivity index (χ1n) is 10.7. The van der Waals surface area contributed by atoms with Gasteiger partial charge in [-0.15, -0.1) is 0 Å². The first-order valence-corrected chi connectivity index (χ1v) is 10.7. The van der Waals surface area contributed by atoms with Crippen LogP contribution in [-0.4, -0.2) is 58.6 Å². The van der Waals surface area contributed by atoms with E-state index in [1.165, 1.54) is 0 Å². The standard InChI is InChI=1S/C25H25N5O2/c1-18-27-23-7-4-12-26-24(23)30(18)21-6-3-5-19(17-21)25(31)29-15-13-28(14-16-29)20-8-10-22(32-2)11-9-20/h3-12,17H,13-16H2,1-2H3. The van der Waals surface area contributed by atoms with Gasteiger partial charge in [0.1, 0.15) is 17.1 Å². The summed E-state index contributed by atoms with van der Waals surface area (Å²) in [4.78, 5) is 26.5. The van der Waals surface area contributed by atoms with Gasteiger partial charge in [-0.1, -0.05) is 6.07 Å². The summed E-state index contributed by atoms with van der Waals surface area (Å²) in [6.07, 6.45) is 1.76. The van der Waals surface area contributed by atoms with Crippen molar-refractivity contribution >= 4 is 22.8 Å². The number of ether oxygens (including phenoxy) is 1. The minimum Gasteiger partial charge on any atom is -0.497 e. The molecule has 0 bridgehead atoms. The number of imidazole rings is 1. The molecule has 5 rings (SSSR count). The number of rotatable bonds is 4. The third-order valence-corrected chi connectivity index (χ3v) is 5.94. The predicted molar refractivity (Wildman–Crippen MR) is 125 cm³/mol. The molecular formula is C25H25N5O2. The van der Waals surface area contributed by atoms with Gasteiger partial charge in [0.05, 0.1) is 7.11 Å². The number of hydrogen-bond donors (Lipinski definition) is 0. The maximum atomic E-state index is 13.2. The number of carbonyl (C=O) groups excluding carboxylic acids is 1. The van der Waals surface area contributed by atoms with Crippen LogP contribution in [-0.2, 0) is 0 Å². The average molecular weight is 428 g/mol. The lowest BCUT2D eigenvalue weighted by atomic mass is 10.1. The zero-order valence-corrected chi connectivity index (χ0v) is 18.2. The lowest BCUT2D eigenvalue weighted by Crippen LogP contribution is -2.48. The van der Waals surface area contributed by atoms with Crippen LogP contribution in [0.3, 0.4) is 0 Å². The molecule has 7 heteroatoms. The summed E-state index contributed by atoms with van der Waals surface area (Å²) in [5.74, 6) is 1.74. The van der Waals surface area contributed by atoms with E-state index in [-0.39, 0.29) is 5.91 Å². The highest BCUT2D eigenvalue weighted by molar-refractivity contribution is 5.95. The predicted octanol–water partition coefficient (Wildman–Crippen LogP) is 3.70. The molecule has 162 valence electrons. The average Bonchev–Trinajstić information content (AvgIpc) is 3.19. The first-order chi connectivity index (χ1) is 15.6. The van der Waals surface area contributed by atoms with Crippen LogP contribution in [0, 0.1) is 6.92 Å². The third kappa shape index (κ3) is 3.66. The number of fused-ring (bicyclic) bond motifs is 1. The molecule has 0 spiro atoms. The zero-order valence-electron chi connectivity index (χ0n) is 18.2. The van der Waals surface area contributed by atoms with E-state index in [0.29, 0.717) is 18.7 Å². The van der Waals surface area contributed by atoms with Gasteiger partial charge in [-0.05, 0) is 61.5 Å². The van der Waals surface area contributed by atoms with Crippen molar-refractivity contribution in [2.75, 3.05) is 38.2 Å². The highest BCUT2D eigenvalue weighted by Crippen LogP contribution is 2.23. The largest absolute Gasteiger partial charge is 0.497 e. The first kappa shape index (κ1) is 20.1. The highest BCUT2D eigenvalue weighted by Gasteiger charge is 2.23. The Balaban J connectivity index is 1.33. The molecular weight excluding hydrogens is 402 g/mol. The zero-order chi connectivity index (χ0) is 22.1. The molecule has 1 aliphatic heterocycles. The van der Waals surface area contributed by atoms with Gasteiger partial charge in [0, 0.05) is 49.3 Å². The lowest BCUT2D eigenvalue weighted by Gasteiger charge is -2.36. The molecule has 1 fully saturated rings. The second-order valence-corrected chi connectivity index (χ2v) is 7.87. The summed E-state index contributed by atoms with van der Waals surface area (Å²) in [7, 11) is 1.67. The monoisotopic (exact) mass is 427 g/mol. The minimum atomic E-state index is 0.0521. The Morgan fingerprint density at radius 1 is 0.938 bits per heavy atom. The SMILES string of the molecule is COc1ccc(N2CCN(C(=O)c3cccc(-n4c(C)nc5cccnc54)c3)CC2)cc1. The van der Waals surface area contributed by atoms with Crippen molar-refractivity contribution in [1.82, 2.24) is 19.4 Å². The van der Waals surface area contributed by atoms with E-state index in [9.17, 15) is 4.79 Å². The maximum Gasteiger partial charge on any atom is 0.254 e. The Kier molecular flexibility index (Phi) is 5.23. The molecule has 3 heterocycles. The molecule has 0 unspecified atom stereocenters. The Labute approximate surface area is 186 Å². The van der Waals surface area contributed by atoms with E-state index in [0.717, 1.165) is 47.2 Å². The molecule has 4 aromatic rings. The van der Waals surface area contributed by atoms with E-state index >= 15 is 0 Å². The Hall–Kier alpha value is -3.87. The minimum absolute atomic E-state index is 0.0521. The number of pyridine rings is 1. The number of amides is 1. The fourth-order valence-corrected chi connectivity index (χ4v) is 4.26. The van der Waals surface area contributed by atoms with Crippen LogP contribution in [0.1, 0.15) is 16.2 Å². The van der Waals surface area contributed by atoms with E-state index in [4.69, 9.17) is 4.74 Å². The number of piperazine rings is 1. The van der Waals surface area contributed by atoms with Crippen molar-refractivity contribution in [3.63, 3.8) is 0 Å². The molecule has 1 amide bonds. The second-order valence-electron chi connectivity index (χ2n) is 7.87. The molecule has 0 radical (unpaired) electrons. The number of nitrogens with zero attached hydrogens (tertiary/aromatic N) is 5. The maximum absolute atomic E-state index is 13.2. The van der Waals surface area contributed by atoms with Gasteiger partial charge >= 0.3 is 0 Å². The van der Waals surface area contributed by atoms with Crippen molar-refractivity contribution in [2.45, 2.75) is 6.92 Å². The van der Waals surface area contributed by atoms with Crippen LogP contribution < -0.4 is 9.64 Å². The number of benzene rings is 2. The summed E-state index contributed by atoms with van der Waals surface area (Å²) in [6, 6.07) is 19.6. The number of aromatic nitrogens is 3. The van der Waals surface area contributed by atoms with Crippen LogP contribution >= 0.6 is 0 Å². The number of carbonyl (C=O) groups is 1. The summed E-state index contributed by atoms with van der Waals surface area (Å²) < 4.78 is 7.23. The summed E-state index contributed by atoms with van der Waals surface area (Å²) in [5, 5.41) is 0. The van der Waals surface area contributed by atoms with Crippen LogP contribution in [0.4, 0.5) is 5.69 Å². The highest BCUT2D eigenvalue weighted by atomic mass is 16.5. The van der Waals surface area contributed by atoms with Crippen LogP contribution in [0.5, 0.6) is 5.75 Å². The summed E-state index contributed by atoms with van der Waals surface area (Å²) in [6.45, 7) is 4.92. The Bertz CT molecular complexity index is 1260. The Morgan fingerprint density at radius 2 is 1.72 bits per heavy atom. The van der Waals surface area contributed by atoms with E-state index in [1.807, 2.05) is 64.9 Å². The van der Waals surface area contributed by atoms with Gasteiger partial charge in [-0.3, -0.25) is 9.36 Å². The van der Waals surface area contributed by atoms with Crippen LogP contribution in [0.25, 0.3) is 16.9 Å². The van der Waals surface area contributed by atoms with Gasteiger partial charge in [-0.2, -0.15) is 0 Å². The van der Waals surface area contributed by atoms with Crippen molar-refractivity contribution in [2.24, 2.45) is 0 Å². The molecule has 32 heavy (non-hydrogen) atoms. The molecule has 7 nitrogen and oxygen atoms in total. The molecule has 0 N–H and O–H groups in total. The normalized spacial score (nSPS) is 14.1. The third-order valence-electron chi connectivity index (χ3n) is 5.94. The van der Waals surface area contributed by atoms with Gasteiger partial charge in [0.15, 0.2) is 5.65 Å².